The lowest BCUT2D eigenvalue weighted by Gasteiger charge is -2.09. The van der Waals surface area contributed by atoms with E-state index in [9.17, 15) is 5.11 Å². The molecule has 0 aliphatic rings. The highest BCUT2D eigenvalue weighted by Gasteiger charge is 2.15. The Morgan fingerprint density at radius 3 is 2.56 bits per heavy atom. The van der Waals surface area contributed by atoms with Crippen LogP contribution in [0.2, 0.25) is 0 Å². The Balaban J connectivity index is 2.11. The molecule has 2 aromatic rings. The zero-order valence-corrected chi connectivity index (χ0v) is 11.3. The minimum Gasteiger partial charge on any atom is -0.386 e. The Morgan fingerprint density at radius 2 is 2.06 bits per heavy atom. The lowest BCUT2D eigenvalue weighted by molar-refractivity contribution is 0.167. The lowest BCUT2D eigenvalue weighted by Crippen LogP contribution is -2.09. The summed E-state index contributed by atoms with van der Waals surface area (Å²) in [5.74, 6) is 0. The van der Waals surface area contributed by atoms with E-state index in [1.165, 1.54) is 0 Å². The molecule has 2 heterocycles. The maximum absolute atomic E-state index is 10.2. The number of aliphatic hydroxyl groups excluding tert-OH is 1. The zero-order valence-electron chi connectivity index (χ0n) is 11.3. The summed E-state index contributed by atoms with van der Waals surface area (Å²) in [4.78, 5) is 0. The second-order valence-corrected chi connectivity index (χ2v) is 4.93. The Morgan fingerprint density at radius 1 is 1.33 bits per heavy atom. The van der Waals surface area contributed by atoms with Crippen LogP contribution in [0.3, 0.4) is 0 Å². The Labute approximate surface area is 107 Å². The highest BCUT2D eigenvalue weighted by atomic mass is 16.3. The summed E-state index contributed by atoms with van der Waals surface area (Å²) >= 11 is 0. The van der Waals surface area contributed by atoms with Crippen LogP contribution in [0.1, 0.15) is 43.1 Å². The fraction of sp³-hybridized carbons (Fsp3) is 0.538. The van der Waals surface area contributed by atoms with Gasteiger partial charge in [0.05, 0.1) is 17.1 Å². The Bertz CT molecular complexity index is 527. The van der Waals surface area contributed by atoms with E-state index in [1.54, 1.807) is 4.68 Å². The van der Waals surface area contributed by atoms with Crippen molar-refractivity contribution in [1.29, 1.82) is 0 Å². The van der Waals surface area contributed by atoms with Gasteiger partial charge in [0.1, 0.15) is 6.10 Å². The smallest absolute Gasteiger partial charge is 0.101 e. The van der Waals surface area contributed by atoms with Gasteiger partial charge in [-0.1, -0.05) is 0 Å². The standard InChI is InChI=1S/C13H20N4O/c1-9(2)17-6-5-11(15-17)8-13(18)12-7-10(3)14-16(12)4/h5-7,9,13,18H,8H2,1-4H3. The van der Waals surface area contributed by atoms with Gasteiger partial charge in [-0.15, -0.1) is 0 Å². The van der Waals surface area contributed by atoms with Crippen molar-refractivity contribution in [2.24, 2.45) is 7.05 Å². The van der Waals surface area contributed by atoms with E-state index in [1.807, 2.05) is 37.0 Å². The van der Waals surface area contributed by atoms with Crippen LogP contribution in [-0.4, -0.2) is 24.7 Å². The lowest BCUT2D eigenvalue weighted by atomic mass is 10.1. The summed E-state index contributed by atoms with van der Waals surface area (Å²) in [5.41, 5.74) is 2.64. The molecule has 2 aromatic heterocycles. The molecule has 0 saturated heterocycles. The van der Waals surface area contributed by atoms with Crippen molar-refractivity contribution < 1.29 is 5.11 Å². The Hall–Kier alpha value is -1.62. The van der Waals surface area contributed by atoms with Crippen molar-refractivity contribution in [3.8, 4) is 0 Å². The SMILES string of the molecule is Cc1cc(C(O)Cc2ccn(C(C)C)n2)n(C)n1. The van der Waals surface area contributed by atoms with Gasteiger partial charge in [0, 0.05) is 25.7 Å². The van der Waals surface area contributed by atoms with E-state index in [0.29, 0.717) is 12.5 Å². The fourth-order valence-corrected chi connectivity index (χ4v) is 2.02. The van der Waals surface area contributed by atoms with Crippen LogP contribution in [0.4, 0.5) is 0 Å². The summed E-state index contributed by atoms with van der Waals surface area (Å²) in [6.45, 7) is 6.08. The third kappa shape index (κ3) is 2.61. The predicted octanol–water partition coefficient (Wildman–Crippen LogP) is 1.78. The zero-order chi connectivity index (χ0) is 13.3. The Kier molecular flexibility index (Phi) is 3.52. The normalized spacial score (nSPS) is 13.2. The number of aromatic nitrogens is 4. The minimum atomic E-state index is -0.563. The molecule has 0 aromatic carbocycles. The second kappa shape index (κ2) is 4.94. The molecule has 1 N–H and O–H groups in total. The molecule has 1 atom stereocenters. The first-order chi connectivity index (χ1) is 8.47. The van der Waals surface area contributed by atoms with Crippen molar-refractivity contribution in [3.05, 3.63) is 35.4 Å². The molecule has 98 valence electrons. The summed E-state index contributed by atoms with van der Waals surface area (Å²) < 4.78 is 3.62. The molecule has 5 nitrogen and oxygen atoms in total. The molecular formula is C13H20N4O. The van der Waals surface area contributed by atoms with Gasteiger partial charge in [0.25, 0.3) is 0 Å². The van der Waals surface area contributed by atoms with Crippen LogP contribution in [0.5, 0.6) is 0 Å². The molecule has 0 amide bonds. The van der Waals surface area contributed by atoms with E-state index in [0.717, 1.165) is 17.1 Å². The average Bonchev–Trinajstić information content (AvgIpc) is 2.85. The number of hydrogen-bond donors (Lipinski definition) is 1. The maximum Gasteiger partial charge on any atom is 0.101 e. The molecule has 0 saturated carbocycles. The van der Waals surface area contributed by atoms with Crippen molar-refractivity contribution in [2.75, 3.05) is 0 Å². The van der Waals surface area contributed by atoms with Crippen LogP contribution in [0, 0.1) is 6.92 Å². The van der Waals surface area contributed by atoms with Gasteiger partial charge in [-0.05, 0) is 32.9 Å². The minimum absolute atomic E-state index is 0.342. The second-order valence-electron chi connectivity index (χ2n) is 4.93. The first kappa shape index (κ1) is 12.8. The molecular weight excluding hydrogens is 228 g/mol. The molecule has 0 fully saturated rings. The molecule has 0 bridgehead atoms. The quantitative estimate of drug-likeness (QED) is 0.897. The van der Waals surface area contributed by atoms with Crippen molar-refractivity contribution in [2.45, 2.75) is 39.3 Å². The van der Waals surface area contributed by atoms with Crippen LogP contribution in [0.25, 0.3) is 0 Å². The van der Waals surface area contributed by atoms with Gasteiger partial charge in [-0.2, -0.15) is 10.2 Å². The van der Waals surface area contributed by atoms with Crippen LogP contribution < -0.4 is 0 Å². The highest BCUT2D eigenvalue weighted by Crippen LogP contribution is 2.18. The van der Waals surface area contributed by atoms with Gasteiger partial charge in [0.15, 0.2) is 0 Å². The van der Waals surface area contributed by atoms with Gasteiger partial charge in [-0.25, -0.2) is 0 Å². The van der Waals surface area contributed by atoms with E-state index in [-0.39, 0.29) is 0 Å². The number of aryl methyl sites for hydroxylation is 2. The van der Waals surface area contributed by atoms with Gasteiger partial charge >= 0.3 is 0 Å². The monoisotopic (exact) mass is 248 g/mol. The van der Waals surface area contributed by atoms with Crippen molar-refractivity contribution in [1.82, 2.24) is 19.6 Å². The number of aliphatic hydroxyl groups is 1. The molecule has 0 aliphatic carbocycles. The number of hydrogen-bond acceptors (Lipinski definition) is 3. The van der Waals surface area contributed by atoms with Crippen molar-refractivity contribution in [3.63, 3.8) is 0 Å². The predicted molar refractivity (Wildman–Crippen MR) is 69.2 cm³/mol. The first-order valence-electron chi connectivity index (χ1n) is 6.20. The third-order valence-corrected chi connectivity index (χ3v) is 2.97. The fourth-order valence-electron chi connectivity index (χ4n) is 2.02. The molecule has 1 unspecified atom stereocenters. The summed E-state index contributed by atoms with van der Waals surface area (Å²) in [5, 5.41) is 18.9. The largest absolute Gasteiger partial charge is 0.386 e. The maximum atomic E-state index is 10.2. The van der Waals surface area contributed by atoms with E-state index < -0.39 is 6.10 Å². The van der Waals surface area contributed by atoms with Gasteiger partial charge < -0.3 is 5.11 Å². The molecule has 18 heavy (non-hydrogen) atoms. The van der Waals surface area contributed by atoms with Gasteiger partial charge in [-0.3, -0.25) is 9.36 Å². The highest BCUT2D eigenvalue weighted by molar-refractivity contribution is 5.14. The molecule has 0 aliphatic heterocycles. The molecule has 5 heteroatoms. The van der Waals surface area contributed by atoms with E-state index >= 15 is 0 Å². The van der Waals surface area contributed by atoms with E-state index in [4.69, 9.17) is 0 Å². The molecule has 0 spiro atoms. The summed E-state index contributed by atoms with van der Waals surface area (Å²) in [7, 11) is 1.85. The van der Waals surface area contributed by atoms with E-state index in [2.05, 4.69) is 24.0 Å². The summed E-state index contributed by atoms with van der Waals surface area (Å²) in [6.07, 6.45) is 1.90. The first-order valence-corrected chi connectivity index (χ1v) is 6.20. The van der Waals surface area contributed by atoms with Gasteiger partial charge in [0.2, 0.25) is 0 Å². The van der Waals surface area contributed by atoms with Crippen LogP contribution in [-0.2, 0) is 13.5 Å². The summed E-state index contributed by atoms with van der Waals surface area (Å²) in [6, 6.07) is 4.20. The topological polar surface area (TPSA) is 55.9 Å². The number of rotatable bonds is 4. The van der Waals surface area contributed by atoms with Crippen LogP contribution in [0.15, 0.2) is 18.3 Å². The van der Waals surface area contributed by atoms with Crippen LogP contribution >= 0.6 is 0 Å². The van der Waals surface area contributed by atoms with Crippen molar-refractivity contribution >= 4 is 0 Å². The average molecular weight is 248 g/mol. The third-order valence-electron chi connectivity index (χ3n) is 2.97. The number of nitrogens with zero attached hydrogens (tertiary/aromatic N) is 4. The molecule has 0 radical (unpaired) electrons. The molecule has 2 rings (SSSR count).